The first-order chi connectivity index (χ1) is 9.70. The number of ether oxygens (including phenoxy) is 1. The SMILES string of the molecule is Cc1ccc(OCc2c(Br)c(C)nn2C)c(S(N)(=O)=O)c1. The zero-order valence-electron chi connectivity index (χ0n) is 11.9. The molecule has 2 rings (SSSR count). The number of hydrogen-bond donors (Lipinski definition) is 1. The maximum Gasteiger partial charge on any atom is 0.241 e. The van der Waals surface area contributed by atoms with Crippen molar-refractivity contribution in [2.75, 3.05) is 0 Å². The topological polar surface area (TPSA) is 87.2 Å². The number of nitrogens with two attached hydrogens (primary N) is 1. The molecular weight excluding hydrogens is 358 g/mol. The quantitative estimate of drug-likeness (QED) is 0.887. The zero-order chi connectivity index (χ0) is 15.8. The number of benzene rings is 1. The molecule has 0 fully saturated rings. The van der Waals surface area contributed by atoms with Gasteiger partial charge in [0, 0.05) is 7.05 Å². The van der Waals surface area contributed by atoms with Gasteiger partial charge in [0.15, 0.2) is 0 Å². The lowest BCUT2D eigenvalue weighted by Crippen LogP contribution is -2.14. The fourth-order valence-electron chi connectivity index (χ4n) is 1.94. The van der Waals surface area contributed by atoms with E-state index in [0.29, 0.717) is 0 Å². The van der Waals surface area contributed by atoms with Gasteiger partial charge in [-0.3, -0.25) is 4.68 Å². The molecule has 2 N–H and O–H groups in total. The van der Waals surface area contributed by atoms with Gasteiger partial charge in [-0.05, 0) is 47.5 Å². The summed E-state index contributed by atoms with van der Waals surface area (Å²) >= 11 is 3.44. The van der Waals surface area contributed by atoms with Crippen molar-refractivity contribution < 1.29 is 13.2 Å². The molecule has 0 saturated heterocycles. The van der Waals surface area contributed by atoms with Crippen LogP contribution in [0.1, 0.15) is 17.0 Å². The zero-order valence-corrected chi connectivity index (χ0v) is 14.3. The van der Waals surface area contributed by atoms with Crippen LogP contribution < -0.4 is 9.88 Å². The first kappa shape index (κ1) is 16.0. The second kappa shape index (κ2) is 5.78. The molecule has 0 unspecified atom stereocenters. The van der Waals surface area contributed by atoms with E-state index in [0.717, 1.165) is 21.4 Å². The molecule has 0 bridgehead atoms. The van der Waals surface area contributed by atoms with Gasteiger partial charge in [-0.25, -0.2) is 13.6 Å². The van der Waals surface area contributed by atoms with E-state index < -0.39 is 10.0 Å². The lowest BCUT2D eigenvalue weighted by molar-refractivity contribution is 0.286. The monoisotopic (exact) mass is 373 g/mol. The maximum atomic E-state index is 11.6. The van der Waals surface area contributed by atoms with Gasteiger partial charge in [-0.15, -0.1) is 0 Å². The Morgan fingerprint density at radius 2 is 2.05 bits per heavy atom. The van der Waals surface area contributed by atoms with Crippen LogP contribution in [0.3, 0.4) is 0 Å². The Balaban J connectivity index is 2.33. The van der Waals surface area contributed by atoms with Crippen LogP contribution >= 0.6 is 15.9 Å². The first-order valence-corrected chi connectivity index (χ1v) is 8.48. The minimum absolute atomic E-state index is 0.0162. The van der Waals surface area contributed by atoms with E-state index in [-0.39, 0.29) is 17.3 Å². The van der Waals surface area contributed by atoms with Crippen molar-refractivity contribution in [3.8, 4) is 5.75 Å². The van der Waals surface area contributed by atoms with Crippen molar-refractivity contribution in [2.24, 2.45) is 12.2 Å². The average Bonchev–Trinajstić information content (AvgIpc) is 2.61. The molecule has 2 aromatic rings. The Bertz CT molecular complexity index is 784. The minimum atomic E-state index is -3.83. The molecule has 1 aromatic heterocycles. The molecule has 0 aliphatic rings. The number of nitrogens with zero attached hydrogens (tertiary/aromatic N) is 2. The van der Waals surface area contributed by atoms with Gasteiger partial charge in [-0.2, -0.15) is 5.10 Å². The van der Waals surface area contributed by atoms with Gasteiger partial charge >= 0.3 is 0 Å². The van der Waals surface area contributed by atoms with Crippen LogP contribution in [-0.4, -0.2) is 18.2 Å². The smallest absolute Gasteiger partial charge is 0.241 e. The summed E-state index contributed by atoms with van der Waals surface area (Å²) in [5.41, 5.74) is 2.45. The molecule has 1 aromatic carbocycles. The minimum Gasteiger partial charge on any atom is -0.486 e. The van der Waals surface area contributed by atoms with Crippen LogP contribution in [0.25, 0.3) is 0 Å². The van der Waals surface area contributed by atoms with Gasteiger partial charge in [0.05, 0.1) is 15.9 Å². The highest BCUT2D eigenvalue weighted by Crippen LogP contribution is 2.27. The molecule has 0 aliphatic heterocycles. The van der Waals surface area contributed by atoms with Crippen LogP contribution in [0, 0.1) is 13.8 Å². The summed E-state index contributed by atoms with van der Waals surface area (Å²) < 4.78 is 31.4. The van der Waals surface area contributed by atoms with Crippen LogP contribution in [0.4, 0.5) is 0 Å². The molecule has 1 heterocycles. The number of hydrogen-bond acceptors (Lipinski definition) is 4. The highest BCUT2D eigenvalue weighted by Gasteiger charge is 2.17. The molecule has 0 saturated carbocycles. The van der Waals surface area contributed by atoms with Gasteiger partial charge < -0.3 is 4.74 Å². The standard InChI is InChI=1S/C13H16BrN3O3S/c1-8-4-5-11(12(6-8)21(15,18)19)20-7-10-13(14)9(2)16-17(10)3/h4-6H,7H2,1-3H3,(H2,15,18,19). The Morgan fingerprint density at radius 3 is 2.57 bits per heavy atom. The number of rotatable bonds is 4. The van der Waals surface area contributed by atoms with Crippen molar-refractivity contribution in [3.05, 3.63) is 39.6 Å². The molecule has 114 valence electrons. The predicted molar refractivity (Wildman–Crippen MR) is 82.5 cm³/mol. The van der Waals surface area contributed by atoms with Gasteiger partial charge in [0.25, 0.3) is 0 Å². The van der Waals surface area contributed by atoms with E-state index in [4.69, 9.17) is 9.88 Å². The van der Waals surface area contributed by atoms with Crippen LogP contribution in [0.5, 0.6) is 5.75 Å². The summed E-state index contributed by atoms with van der Waals surface area (Å²) in [4.78, 5) is -0.0162. The summed E-state index contributed by atoms with van der Waals surface area (Å²) in [6.07, 6.45) is 0. The summed E-state index contributed by atoms with van der Waals surface area (Å²) in [6.45, 7) is 3.85. The van der Waals surface area contributed by atoms with E-state index in [2.05, 4.69) is 21.0 Å². The lowest BCUT2D eigenvalue weighted by Gasteiger charge is -2.11. The van der Waals surface area contributed by atoms with Crippen LogP contribution in [0.2, 0.25) is 0 Å². The number of primary sulfonamides is 1. The second-order valence-electron chi connectivity index (χ2n) is 4.75. The van der Waals surface area contributed by atoms with Crippen LogP contribution in [0.15, 0.2) is 27.6 Å². The van der Waals surface area contributed by atoms with E-state index >= 15 is 0 Å². The van der Waals surface area contributed by atoms with Gasteiger partial charge in [-0.1, -0.05) is 6.07 Å². The summed E-state index contributed by atoms with van der Waals surface area (Å²) in [5.74, 6) is 0.230. The van der Waals surface area contributed by atoms with Gasteiger partial charge in [0.2, 0.25) is 10.0 Å². The highest BCUT2D eigenvalue weighted by atomic mass is 79.9. The lowest BCUT2D eigenvalue weighted by atomic mass is 10.2. The third-order valence-corrected chi connectivity index (χ3v) is 5.00. The van der Waals surface area contributed by atoms with Crippen molar-refractivity contribution in [3.63, 3.8) is 0 Å². The number of halogens is 1. The maximum absolute atomic E-state index is 11.6. The van der Waals surface area contributed by atoms with E-state index in [1.54, 1.807) is 30.8 Å². The second-order valence-corrected chi connectivity index (χ2v) is 7.08. The van der Waals surface area contributed by atoms with Crippen LogP contribution in [-0.2, 0) is 23.7 Å². The Morgan fingerprint density at radius 1 is 1.38 bits per heavy atom. The third kappa shape index (κ3) is 3.45. The third-order valence-electron chi connectivity index (χ3n) is 3.03. The predicted octanol–water partition coefficient (Wildman–Crippen LogP) is 2.03. The number of aryl methyl sites for hydroxylation is 3. The molecule has 8 heteroatoms. The molecule has 0 amide bonds. The van der Waals surface area contributed by atoms with Crippen molar-refractivity contribution in [2.45, 2.75) is 25.3 Å². The first-order valence-electron chi connectivity index (χ1n) is 6.14. The van der Waals surface area contributed by atoms with E-state index in [9.17, 15) is 8.42 Å². The molecule has 21 heavy (non-hydrogen) atoms. The fraction of sp³-hybridized carbons (Fsp3) is 0.308. The molecule has 0 spiro atoms. The van der Waals surface area contributed by atoms with E-state index in [1.807, 2.05) is 6.92 Å². The van der Waals surface area contributed by atoms with Crippen molar-refractivity contribution in [1.29, 1.82) is 0 Å². The molecule has 0 atom stereocenters. The van der Waals surface area contributed by atoms with E-state index in [1.165, 1.54) is 6.07 Å². The molecule has 0 aliphatic carbocycles. The van der Waals surface area contributed by atoms with Crippen molar-refractivity contribution >= 4 is 26.0 Å². The largest absolute Gasteiger partial charge is 0.486 e. The Labute approximate surface area is 132 Å². The van der Waals surface area contributed by atoms with Crippen molar-refractivity contribution in [1.82, 2.24) is 9.78 Å². The highest BCUT2D eigenvalue weighted by molar-refractivity contribution is 9.10. The summed E-state index contributed by atoms with van der Waals surface area (Å²) in [5, 5.41) is 9.48. The number of aromatic nitrogens is 2. The average molecular weight is 374 g/mol. The summed E-state index contributed by atoms with van der Waals surface area (Å²) in [7, 11) is -2.04. The molecule has 0 radical (unpaired) electrons. The fourth-order valence-corrected chi connectivity index (χ4v) is 3.15. The molecular formula is C13H16BrN3O3S. The molecule has 6 nitrogen and oxygen atoms in total. The van der Waals surface area contributed by atoms with Gasteiger partial charge in [0.1, 0.15) is 17.3 Å². The Hall–Kier alpha value is -1.38. The Kier molecular flexibility index (Phi) is 4.40. The normalized spacial score (nSPS) is 11.7. The summed E-state index contributed by atoms with van der Waals surface area (Å²) in [6, 6.07) is 4.87. The number of sulfonamides is 1.